The molecule has 0 aromatic heterocycles. The average Bonchev–Trinajstić information content (AvgIpc) is 1.63. The second-order valence-corrected chi connectivity index (χ2v) is 11.7. The summed E-state index contributed by atoms with van der Waals surface area (Å²) < 4.78 is 9.91. The molecule has 0 aromatic rings. The maximum atomic E-state index is 10.7. The third kappa shape index (κ3) is 6.24. The van der Waals surface area contributed by atoms with E-state index in [4.69, 9.17) is 4.74 Å². The molecule has 0 fully saturated rings. The fraction of sp³-hybridized carbons (Fsp3) is 0.833. The summed E-state index contributed by atoms with van der Waals surface area (Å²) in [6.45, 7) is 2.36. The molecule has 0 bridgehead atoms. The molecule has 0 saturated heterocycles. The van der Waals surface area contributed by atoms with Crippen LogP contribution in [0.15, 0.2) is 0 Å². The van der Waals surface area contributed by atoms with Gasteiger partial charge in [0.15, 0.2) is 0 Å². The summed E-state index contributed by atoms with van der Waals surface area (Å²) in [6.07, 6.45) is 0. The van der Waals surface area contributed by atoms with Crippen LogP contribution in [0.2, 0.25) is 13.4 Å². The molecule has 3 heteroatoms. The average molecular weight is 326 g/mol. The summed E-state index contributed by atoms with van der Waals surface area (Å²) in [6, 6.07) is 0. The minimum atomic E-state index is -1.27. The van der Waals surface area contributed by atoms with E-state index < -0.39 is 21.8 Å². The zero-order valence-electron chi connectivity index (χ0n) is 6.18. The molecule has 0 saturated carbocycles. The van der Waals surface area contributed by atoms with E-state index in [-0.39, 0.29) is 5.97 Å². The first kappa shape index (κ1) is 9.35. The number of ether oxygens (including phenoxy) is 1. The van der Waals surface area contributed by atoms with Gasteiger partial charge in [-0.15, -0.1) is 0 Å². The molecule has 0 spiro atoms. The molecule has 9 heavy (non-hydrogen) atoms. The van der Waals surface area contributed by atoms with Gasteiger partial charge in [-0.05, 0) is 0 Å². The number of hydrogen-bond acceptors (Lipinski definition) is 2. The number of esters is 1. The molecule has 0 atom stereocenters. The number of carbonyl (C=O) groups excluding carboxylic acids is 1. The van der Waals surface area contributed by atoms with Crippen LogP contribution in [0.3, 0.4) is 0 Å². The van der Waals surface area contributed by atoms with Gasteiger partial charge in [-0.3, -0.25) is 0 Å². The van der Waals surface area contributed by atoms with Crippen molar-refractivity contribution in [2.75, 3.05) is 6.61 Å². The summed E-state index contributed by atoms with van der Waals surface area (Å²) in [4.78, 5) is 10.7. The number of rotatable bonds is 3. The van der Waals surface area contributed by atoms with Gasteiger partial charge < -0.3 is 0 Å². The fourth-order valence-electron chi connectivity index (χ4n) is 0.465. The molecule has 0 aliphatic heterocycles. The Balaban J connectivity index is 3.27. The van der Waals surface area contributed by atoms with Crippen molar-refractivity contribution < 1.29 is 9.53 Å². The van der Waals surface area contributed by atoms with Crippen molar-refractivity contribution in [2.45, 2.75) is 20.3 Å². The third-order valence-electron chi connectivity index (χ3n) is 0.751. The van der Waals surface area contributed by atoms with Gasteiger partial charge in [0.25, 0.3) is 0 Å². The SMILES string of the molecule is CCOC(=O)[CH2][Bi]([CH3])[CH3]. The standard InChI is InChI=1S/C4H7O2.2CH3.Bi/c1-3-6-4(2)5;;;/h2-3H2,1H3;2*1H3;. The van der Waals surface area contributed by atoms with Crippen LogP contribution < -0.4 is 0 Å². The summed E-state index contributed by atoms with van der Waals surface area (Å²) in [5.74, 6) is 0.000257. The van der Waals surface area contributed by atoms with E-state index in [0.717, 1.165) is 4.13 Å². The van der Waals surface area contributed by atoms with Crippen molar-refractivity contribution >= 4 is 27.7 Å². The molecule has 0 N–H and O–H groups in total. The normalized spacial score (nSPS) is 9.78. The molecular formula is C6H13BiO2. The molecule has 0 unspecified atom stereocenters. The van der Waals surface area contributed by atoms with Crippen LogP contribution in [-0.4, -0.2) is 34.3 Å². The third-order valence-corrected chi connectivity index (χ3v) is 4.21. The molecule has 0 radical (unpaired) electrons. The Morgan fingerprint density at radius 3 is 2.44 bits per heavy atom. The number of carbonyl (C=O) groups is 1. The first-order valence-corrected chi connectivity index (χ1v) is 12.4. The van der Waals surface area contributed by atoms with Gasteiger partial charge >= 0.3 is 64.2 Å². The van der Waals surface area contributed by atoms with E-state index in [9.17, 15) is 4.79 Å². The maximum absolute atomic E-state index is 10.7. The Labute approximate surface area is 64.3 Å². The van der Waals surface area contributed by atoms with Crippen molar-refractivity contribution in [1.29, 1.82) is 0 Å². The zero-order chi connectivity index (χ0) is 7.28. The van der Waals surface area contributed by atoms with E-state index in [1.54, 1.807) is 0 Å². The molecule has 0 heterocycles. The second kappa shape index (κ2) is 5.16. The predicted octanol–water partition coefficient (Wildman–Crippen LogP) is 1.30. The fourth-order valence-corrected chi connectivity index (χ4v) is 2.83. The topological polar surface area (TPSA) is 26.3 Å². The van der Waals surface area contributed by atoms with Gasteiger partial charge in [-0.1, -0.05) is 0 Å². The Kier molecular flexibility index (Phi) is 5.37. The first-order valence-electron chi connectivity index (χ1n) is 2.97. The van der Waals surface area contributed by atoms with E-state index in [0.29, 0.717) is 6.61 Å². The molecule has 0 aliphatic carbocycles. The van der Waals surface area contributed by atoms with Gasteiger partial charge in [-0.2, -0.15) is 0 Å². The minimum absolute atomic E-state index is 0.000257. The Hall–Kier alpha value is 0.353. The van der Waals surface area contributed by atoms with Gasteiger partial charge in [0.05, 0.1) is 0 Å². The van der Waals surface area contributed by atoms with Crippen LogP contribution in [0.25, 0.3) is 0 Å². The van der Waals surface area contributed by atoms with Crippen molar-refractivity contribution in [3.63, 3.8) is 0 Å². The van der Waals surface area contributed by atoms with E-state index in [2.05, 4.69) is 9.26 Å². The van der Waals surface area contributed by atoms with Crippen molar-refractivity contribution in [3.05, 3.63) is 0 Å². The first-order chi connectivity index (χ1) is 4.16. The van der Waals surface area contributed by atoms with Gasteiger partial charge in [-0.25, -0.2) is 0 Å². The molecule has 2 nitrogen and oxygen atoms in total. The predicted molar refractivity (Wildman–Crippen MR) is 38.9 cm³/mol. The quantitative estimate of drug-likeness (QED) is 0.577. The van der Waals surface area contributed by atoms with Crippen LogP contribution in [0, 0.1) is 0 Å². The van der Waals surface area contributed by atoms with Crippen LogP contribution in [0.1, 0.15) is 6.92 Å². The van der Waals surface area contributed by atoms with Crippen molar-refractivity contribution in [1.82, 2.24) is 0 Å². The summed E-state index contributed by atoms with van der Waals surface area (Å²) in [7, 11) is 0. The second-order valence-electron chi connectivity index (χ2n) is 2.04. The van der Waals surface area contributed by atoms with Crippen molar-refractivity contribution in [2.24, 2.45) is 0 Å². The summed E-state index contributed by atoms with van der Waals surface area (Å²) in [5.41, 5.74) is 0. The summed E-state index contributed by atoms with van der Waals surface area (Å²) in [5, 5.41) is 0. The Morgan fingerprint density at radius 1 is 1.56 bits per heavy atom. The van der Waals surface area contributed by atoms with Crippen LogP contribution in [-0.2, 0) is 9.53 Å². The molecule has 0 aromatic carbocycles. The van der Waals surface area contributed by atoms with E-state index >= 15 is 0 Å². The van der Waals surface area contributed by atoms with Crippen LogP contribution in [0.5, 0.6) is 0 Å². The van der Waals surface area contributed by atoms with Gasteiger partial charge in [0.1, 0.15) is 0 Å². The molecular weight excluding hydrogens is 313 g/mol. The molecule has 0 rings (SSSR count). The Morgan fingerprint density at radius 2 is 2.11 bits per heavy atom. The zero-order valence-corrected chi connectivity index (χ0v) is 9.65. The Bertz CT molecular complexity index is 91.1. The molecule has 0 amide bonds. The molecule has 54 valence electrons. The van der Waals surface area contributed by atoms with Crippen LogP contribution >= 0.6 is 0 Å². The van der Waals surface area contributed by atoms with Crippen LogP contribution in [0.4, 0.5) is 0 Å². The van der Waals surface area contributed by atoms with E-state index in [1.807, 2.05) is 6.92 Å². The number of hydrogen-bond donors (Lipinski definition) is 0. The van der Waals surface area contributed by atoms with Gasteiger partial charge in [0, 0.05) is 0 Å². The summed E-state index contributed by atoms with van der Waals surface area (Å²) >= 11 is -1.27. The monoisotopic (exact) mass is 326 g/mol. The molecule has 0 aliphatic rings. The van der Waals surface area contributed by atoms with Gasteiger partial charge in [0.2, 0.25) is 0 Å². The van der Waals surface area contributed by atoms with E-state index in [1.165, 1.54) is 0 Å². The van der Waals surface area contributed by atoms with Crippen molar-refractivity contribution in [3.8, 4) is 0 Å².